The van der Waals surface area contributed by atoms with Crippen molar-refractivity contribution in [2.75, 3.05) is 13.6 Å². The molecule has 6 nitrogen and oxygen atoms in total. The molecule has 1 aliphatic carbocycles. The highest BCUT2D eigenvalue weighted by atomic mass is 19.4. The van der Waals surface area contributed by atoms with Gasteiger partial charge in [-0.05, 0) is 78.6 Å². The molecule has 0 spiro atoms. The Balaban J connectivity index is 1.71. The van der Waals surface area contributed by atoms with E-state index in [0.29, 0.717) is 25.0 Å². The van der Waals surface area contributed by atoms with E-state index in [9.17, 15) is 27.9 Å². The minimum Gasteiger partial charge on any atom is -0.390 e. The predicted molar refractivity (Wildman–Crippen MR) is 123 cm³/mol. The highest BCUT2D eigenvalue weighted by Crippen LogP contribution is 2.39. The van der Waals surface area contributed by atoms with Gasteiger partial charge in [-0.3, -0.25) is 9.59 Å². The highest BCUT2D eigenvalue weighted by molar-refractivity contribution is 5.98. The van der Waals surface area contributed by atoms with E-state index in [1.165, 1.54) is 12.1 Å². The van der Waals surface area contributed by atoms with Gasteiger partial charge in [-0.25, -0.2) is 0 Å². The van der Waals surface area contributed by atoms with Crippen LogP contribution in [-0.4, -0.2) is 70.1 Å². The molecule has 2 aliphatic rings. The number of likely N-dealkylation sites (tertiary alicyclic amines) is 1. The Bertz CT molecular complexity index is 897. The Labute approximate surface area is 199 Å². The first-order chi connectivity index (χ1) is 15.7. The molecule has 1 saturated carbocycles. The second-order valence-corrected chi connectivity index (χ2v) is 10.5. The second kappa shape index (κ2) is 9.85. The van der Waals surface area contributed by atoms with Crippen molar-refractivity contribution in [2.24, 2.45) is 5.92 Å². The number of alkyl halides is 3. The average molecular weight is 484 g/mol. The van der Waals surface area contributed by atoms with Gasteiger partial charge in [-0.1, -0.05) is 6.07 Å². The molecular formula is C25H36F3N3O3. The van der Waals surface area contributed by atoms with Crippen molar-refractivity contribution in [1.82, 2.24) is 15.1 Å². The van der Waals surface area contributed by atoms with Crippen LogP contribution in [0.2, 0.25) is 0 Å². The van der Waals surface area contributed by atoms with Crippen molar-refractivity contribution in [1.29, 1.82) is 0 Å². The Morgan fingerprint density at radius 3 is 2.47 bits per heavy atom. The molecule has 4 atom stereocenters. The largest absolute Gasteiger partial charge is 0.416 e. The molecule has 2 amide bonds. The number of rotatable bonds is 6. The fraction of sp³-hybridized carbons (Fsp3) is 0.680. The van der Waals surface area contributed by atoms with Crippen LogP contribution in [0.3, 0.4) is 0 Å². The van der Waals surface area contributed by atoms with E-state index in [1.807, 2.05) is 0 Å². The zero-order valence-corrected chi connectivity index (χ0v) is 20.5. The maximum Gasteiger partial charge on any atom is 0.416 e. The summed E-state index contributed by atoms with van der Waals surface area (Å²) >= 11 is 0. The molecule has 1 aromatic rings. The first kappa shape index (κ1) is 26.5. The third-order valence-electron chi connectivity index (χ3n) is 7.48. The number of carbonyl (C=O) groups excluding carboxylic acids is 2. The Morgan fingerprint density at radius 1 is 1.21 bits per heavy atom. The molecule has 1 heterocycles. The van der Waals surface area contributed by atoms with Crippen molar-refractivity contribution >= 4 is 11.8 Å². The SMILES string of the molecule is CC(C)N(C)[C@@H]1CC[C@H](N2CCC(NC(=O)c3cccc(C(F)(F)F)c3)C2=O)[C@H](C(C)(C)O)C1. The molecule has 34 heavy (non-hydrogen) atoms. The molecule has 2 fully saturated rings. The smallest absolute Gasteiger partial charge is 0.390 e. The predicted octanol–water partition coefficient (Wildman–Crippen LogP) is 3.68. The minimum absolute atomic E-state index is 0.130. The van der Waals surface area contributed by atoms with E-state index in [2.05, 4.69) is 31.1 Å². The van der Waals surface area contributed by atoms with Gasteiger partial charge in [-0.15, -0.1) is 0 Å². The number of nitrogens with one attached hydrogen (secondary N) is 1. The summed E-state index contributed by atoms with van der Waals surface area (Å²) in [6.07, 6.45) is -1.76. The zero-order valence-electron chi connectivity index (χ0n) is 20.5. The lowest BCUT2D eigenvalue weighted by Gasteiger charge is -2.48. The molecule has 3 rings (SSSR count). The second-order valence-electron chi connectivity index (χ2n) is 10.5. The Morgan fingerprint density at radius 2 is 1.88 bits per heavy atom. The van der Waals surface area contributed by atoms with Crippen LogP contribution in [-0.2, 0) is 11.0 Å². The van der Waals surface area contributed by atoms with Crippen molar-refractivity contribution in [3.63, 3.8) is 0 Å². The number of aliphatic hydroxyl groups is 1. The van der Waals surface area contributed by atoms with Crippen LogP contribution in [0.15, 0.2) is 24.3 Å². The van der Waals surface area contributed by atoms with E-state index >= 15 is 0 Å². The van der Waals surface area contributed by atoms with E-state index < -0.39 is 29.3 Å². The third kappa shape index (κ3) is 5.74. The summed E-state index contributed by atoms with van der Waals surface area (Å²) in [5.41, 5.74) is -2.02. The molecule has 0 radical (unpaired) electrons. The lowest BCUT2D eigenvalue weighted by atomic mass is 9.72. The molecule has 1 unspecified atom stereocenters. The van der Waals surface area contributed by atoms with E-state index in [4.69, 9.17) is 0 Å². The molecule has 1 aliphatic heterocycles. The summed E-state index contributed by atoms with van der Waals surface area (Å²) in [6.45, 7) is 8.25. The standard InChI is InChI=1S/C25H36F3N3O3/c1-15(2)30(5)18-9-10-21(19(14-18)24(3,4)34)31-12-11-20(23(31)33)29-22(32)16-7-6-8-17(13-16)25(26,27)28/h6-8,13,15,18-21,34H,9-12,14H2,1-5H3,(H,29,32)/t18-,19-,20?,21+/m1/s1. The topological polar surface area (TPSA) is 72.9 Å². The summed E-state index contributed by atoms with van der Waals surface area (Å²) in [5.74, 6) is -1.07. The normalized spacial score (nSPS) is 26.4. The molecular weight excluding hydrogens is 447 g/mol. The van der Waals surface area contributed by atoms with Crippen LogP contribution >= 0.6 is 0 Å². The number of amides is 2. The summed E-state index contributed by atoms with van der Waals surface area (Å²) in [4.78, 5) is 29.9. The number of carbonyl (C=O) groups is 2. The van der Waals surface area contributed by atoms with Crippen LogP contribution < -0.4 is 5.32 Å². The molecule has 0 aromatic heterocycles. The molecule has 9 heteroatoms. The number of hydrogen-bond acceptors (Lipinski definition) is 4. The van der Waals surface area contributed by atoms with Gasteiger partial charge in [0.1, 0.15) is 6.04 Å². The minimum atomic E-state index is -4.55. The van der Waals surface area contributed by atoms with Crippen molar-refractivity contribution in [3.05, 3.63) is 35.4 Å². The first-order valence-corrected chi connectivity index (χ1v) is 11.9. The van der Waals surface area contributed by atoms with Crippen LogP contribution in [0.4, 0.5) is 13.2 Å². The van der Waals surface area contributed by atoms with Gasteiger partial charge in [0, 0.05) is 36.2 Å². The van der Waals surface area contributed by atoms with Gasteiger partial charge in [0.25, 0.3) is 5.91 Å². The van der Waals surface area contributed by atoms with E-state index in [-0.39, 0.29) is 23.4 Å². The van der Waals surface area contributed by atoms with E-state index in [1.54, 1.807) is 18.7 Å². The number of benzene rings is 1. The van der Waals surface area contributed by atoms with Crippen molar-refractivity contribution < 1.29 is 27.9 Å². The van der Waals surface area contributed by atoms with Crippen LogP contribution in [0.25, 0.3) is 0 Å². The van der Waals surface area contributed by atoms with Crippen LogP contribution in [0.5, 0.6) is 0 Å². The maximum absolute atomic E-state index is 13.2. The van der Waals surface area contributed by atoms with E-state index in [0.717, 1.165) is 31.4 Å². The van der Waals surface area contributed by atoms with Gasteiger partial charge in [0.2, 0.25) is 5.91 Å². The van der Waals surface area contributed by atoms with Crippen molar-refractivity contribution in [2.45, 2.75) is 89.3 Å². The molecule has 1 aromatic carbocycles. The van der Waals surface area contributed by atoms with Gasteiger partial charge < -0.3 is 20.2 Å². The zero-order chi connectivity index (χ0) is 25.4. The number of nitrogens with zero attached hydrogens (tertiary/aromatic N) is 2. The summed E-state index contributed by atoms with van der Waals surface area (Å²) in [5, 5.41) is 13.6. The summed E-state index contributed by atoms with van der Waals surface area (Å²) in [6, 6.07) is 3.92. The molecule has 0 bridgehead atoms. The average Bonchev–Trinajstić information content (AvgIpc) is 3.11. The van der Waals surface area contributed by atoms with Gasteiger partial charge in [0.05, 0.1) is 11.2 Å². The highest BCUT2D eigenvalue weighted by Gasteiger charge is 2.47. The lowest BCUT2D eigenvalue weighted by Crippen LogP contribution is -2.56. The van der Waals surface area contributed by atoms with Crippen molar-refractivity contribution in [3.8, 4) is 0 Å². The first-order valence-electron chi connectivity index (χ1n) is 11.9. The van der Waals surface area contributed by atoms with Crippen LogP contribution in [0.1, 0.15) is 69.3 Å². The Hall–Kier alpha value is -2.13. The number of halogens is 3. The Kier molecular flexibility index (Phi) is 7.67. The quantitative estimate of drug-likeness (QED) is 0.648. The molecule has 190 valence electrons. The lowest BCUT2D eigenvalue weighted by molar-refractivity contribution is -0.138. The summed E-state index contributed by atoms with van der Waals surface area (Å²) < 4.78 is 39.0. The van der Waals surface area contributed by atoms with Gasteiger partial charge in [-0.2, -0.15) is 13.2 Å². The fourth-order valence-corrected chi connectivity index (χ4v) is 5.30. The molecule has 2 N–H and O–H groups in total. The maximum atomic E-state index is 13.2. The fourth-order valence-electron chi connectivity index (χ4n) is 5.30. The summed E-state index contributed by atoms with van der Waals surface area (Å²) in [7, 11) is 2.08. The molecule has 1 saturated heterocycles. The third-order valence-corrected chi connectivity index (χ3v) is 7.48. The van der Waals surface area contributed by atoms with Gasteiger partial charge >= 0.3 is 6.18 Å². The van der Waals surface area contributed by atoms with Crippen LogP contribution in [0, 0.1) is 5.92 Å². The van der Waals surface area contributed by atoms with Gasteiger partial charge in [0.15, 0.2) is 0 Å². The number of hydrogen-bond donors (Lipinski definition) is 2. The monoisotopic (exact) mass is 483 g/mol.